The summed E-state index contributed by atoms with van der Waals surface area (Å²) in [6.45, 7) is -0.178. The van der Waals surface area contributed by atoms with Crippen LogP contribution in [0.2, 0.25) is 0 Å². The zero-order valence-corrected chi connectivity index (χ0v) is 14.3. The Hall–Kier alpha value is -3.80. The van der Waals surface area contributed by atoms with E-state index in [1.807, 2.05) is 6.07 Å². The molecule has 1 amide bonds. The molecular formula is C21H17NO5. The minimum atomic E-state index is -0.691. The largest absolute Gasteiger partial charge is 0.507 e. The van der Waals surface area contributed by atoms with E-state index in [9.17, 15) is 14.7 Å². The van der Waals surface area contributed by atoms with Gasteiger partial charge >= 0.3 is 5.97 Å². The number of phenols is 1. The molecule has 0 radical (unpaired) electrons. The Morgan fingerprint density at radius 3 is 2.11 bits per heavy atom. The fraction of sp³-hybridized carbons (Fsp3) is 0.0476. The predicted octanol–water partition coefficient (Wildman–Crippen LogP) is 3.63. The summed E-state index contributed by atoms with van der Waals surface area (Å²) in [5.41, 5.74) is 0.336. The quantitative estimate of drug-likeness (QED) is 0.516. The first-order valence-corrected chi connectivity index (χ1v) is 8.20. The molecule has 0 bridgehead atoms. The van der Waals surface area contributed by atoms with Gasteiger partial charge in [-0.3, -0.25) is 4.79 Å². The van der Waals surface area contributed by atoms with Gasteiger partial charge in [0, 0.05) is 11.8 Å². The fourth-order valence-corrected chi connectivity index (χ4v) is 2.30. The first-order valence-electron chi connectivity index (χ1n) is 8.20. The van der Waals surface area contributed by atoms with E-state index in [-0.39, 0.29) is 17.9 Å². The van der Waals surface area contributed by atoms with Gasteiger partial charge < -0.3 is 19.9 Å². The minimum Gasteiger partial charge on any atom is -0.507 e. The van der Waals surface area contributed by atoms with E-state index in [0.29, 0.717) is 17.2 Å². The van der Waals surface area contributed by atoms with Crippen molar-refractivity contribution in [3.8, 4) is 17.2 Å². The van der Waals surface area contributed by atoms with Crippen LogP contribution < -0.4 is 14.8 Å². The summed E-state index contributed by atoms with van der Waals surface area (Å²) in [4.78, 5) is 24.1. The van der Waals surface area contributed by atoms with Crippen LogP contribution in [0.25, 0.3) is 0 Å². The van der Waals surface area contributed by atoms with Crippen molar-refractivity contribution < 1.29 is 24.2 Å². The van der Waals surface area contributed by atoms with Gasteiger partial charge in [-0.1, -0.05) is 36.4 Å². The molecule has 6 nitrogen and oxygen atoms in total. The number of phenolic OH excluding ortho intramolecular Hbond substituents is 1. The van der Waals surface area contributed by atoms with Crippen LogP contribution in [-0.2, 0) is 4.79 Å². The number of hydrogen-bond acceptors (Lipinski definition) is 5. The summed E-state index contributed by atoms with van der Waals surface area (Å²) >= 11 is 0. The molecule has 27 heavy (non-hydrogen) atoms. The van der Waals surface area contributed by atoms with Crippen molar-refractivity contribution >= 4 is 17.6 Å². The summed E-state index contributed by atoms with van der Waals surface area (Å²) < 4.78 is 10.5. The maximum absolute atomic E-state index is 12.1. The molecule has 0 saturated carbocycles. The van der Waals surface area contributed by atoms with Crippen molar-refractivity contribution in [2.45, 2.75) is 0 Å². The van der Waals surface area contributed by atoms with Gasteiger partial charge in [0.1, 0.15) is 22.8 Å². The normalized spacial score (nSPS) is 10.1. The number of hydrogen-bond donors (Lipinski definition) is 2. The van der Waals surface area contributed by atoms with Gasteiger partial charge in [0.05, 0.1) is 0 Å². The second kappa shape index (κ2) is 8.53. The maximum atomic E-state index is 12.1. The predicted molar refractivity (Wildman–Crippen MR) is 100 cm³/mol. The smallest absolute Gasteiger partial charge is 0.347 e. The van der Waals surface area contributed by atoms with Crippen LogP contribution >= 0.6 is 0 Å². The van der Waals surface area contributed by atoms with Crippen LogP contribution in [0.1, 0.15) is 10.4 Å². The van der Waals surface area contributed by atoms with Gasteiger partial charge in [0.25, 0.3) is 5.91 Å². The van der Waals surface area contributed by atoms with Crippen molar-refractivity contribution in [3.05, 3.63) is 84.4 Å². The number of benzene rings is 3. The highest BCUT2D eigenvalue weighted by molar-refractivity contribution is 5.96. The third-order valence-electron chi connectivity index (χ3n) is 3.57. The highest BCUT2D eigenvalue weighted by atomic mass is 16.5. The van der Waals surface area contributed by atoms with E-state index in [4.69, 9.17) is 9.47 Å². The molecule has 6 heteroatoms. The summed E-state index contributed by atoms with van der Waals surface area (Å²) in [6, 6.07) is 21.6. The third-order valence-corrected chi connectivity index (χ3v) is 3.57. The molecule has 3 rings (SSSR count). The van der Waals surface area contributed by atoms with Crippen LogP contribution in [-0.4, -0.2) is 23.6 Å². The molecule has 0 aliphatic carbocycles. The summed E-state index contributed by atoms with van der Waals surface area (Å²) in [7, 11) is 0. The van der Waals surface area contributed by atoms with Gasteiger partial charge in [-0.05, 0) is 36.4 Å². The molecule has 0 aliphatic rings. The van der Waals surface area contributed by atoms with Crippen LogP contribution in [0.15, 0.2) is 78.9 Å². The van der Waals surface area contributed by atoms with Crippen molar-refractivity contribution in [1.82, 2.24) is 0 Å². The Morgan fingerprint density at radius 1 is 0.852 bits per heavy atom. The Balaban J connectivity index is 1.59. The Morgan fingerprint density at radius 2 is 1.48 bits per heavy atom. The molecule has 2 N–H and O–H groups in total. The Labute approximate surface area is 156 Å². The molecular weight excluding hydrogens is 346 g/mol. The van der Waals surface area contributed by atoms with Gasteiger partial charge in [-0.25, -0.2) is 4.79 Å². The van der Waals surface area contributed by atoms with E-state index in [1.54, 1.807) is 54.6 Å². The Bertz CT molecular complexity index is 926. The van der Waals surface area contributed by atoms with Gasteiger partial charge in [0.15, 0.2) is 6.61 Å². The lowest BCUT2D eigenvalue weighted by molar-refractivity contribution is -0.118. The van der Waals surface area contributed by atoms with E-state index in [0.717, 1.165) is 0 Å². The van der Waals surface area contributed by atoms with Crippen molar-refractivity contribution in [1.29, 1.82) is 0 Å². The van der Waals surface area contributed by atoms with E-state index in [2.05, 4.69) is 5.32 Å². The Kier molecular flexibility index (Phi) is 5.69. The molecule has 0 atom stereocenters. The van der Waals surface area contributed by atoms with E-state index < -0.39 is 11.9 Å². The lowest BCUT2D eigenvalue weighted by Crippen LogP contribution is -2.20. The number of amides is 1. The number of carbonyl (C=O) groups is 2. The average molecular weight is 363 g/mol. The first kappa shape index (κ1) is 18.0. The molecule has 136 valence electrons. The molecule has 0 fully saturated rings. The second-order valence-corrected chi connectivity index (χ2v) is 5.58. The van der Waals surface area contributed by atoms with Crippen LogP contribution in [0.5, 0.6) is 17.2 Å². The number of aromatic hydroxyl groups is 1. The van der Waals surface area contributed by atoms with E-state index in [1.165, 1.54) is 18.2 Å². The van der Waals surface area contributed by atoms with E-state index >= 15 is 0 Å². The van der Waals surface area contributed by atoms with Crippen LogP contribution in [0, 0.1) is 0 Å². The highest BCUT2D eigenvalue weighted by Crippen LogP contribution is 2.24. The number of carbonyl (C=O) groups excluding carboxylic acids is 2. The van der Waals surface area contributed by atoms with Crippen LogP contribution in [0.3, 0.4) is 0 Å². The SMILES string of the molecule is O=C(COc1ccccc1)Nc1ccc(C(=O)Oc2ccccc2)c(O)c1. The number of ether oxygens (including phenoxy) is 2. The zero-order valence-electron chi connectivity index (χ0n) is 14.3. The maximum Gasteiger partial charge on any atom is 0.347 e. The molecule has 0 aromatic heterocycles. The molecule has 0 spiro atoms. The number of para-hydroxylation sites is 2. The second-order valence-electron chi connectivity index (χ2n) is 5.58. The highest BCUT2D eigenvalue weighted by Gasteiger charge is 2.15. The molecule has 3 aromatic rings. The van der Waals surface area contributed by atoms with Crippen LogP contribution in [0.4, 0.5) is 5.69 Å². The molecule has 0 unspecified atom stereocenters. The molecule has 0 aliphatic heterocycles. The molecule has 3 aromatic carbocycles. The summed E-state index contributed by atoms with van der Waals surface area (Å²) in [6.07, 6.45) is 0. The number of anilines is 1. The van der Waals surface area contributed by atoms with Crippen molar-refractivity contribution in [2.75, 3.05) is 11.9 Å². The third kappa shape index (κ3) is 5.09. The monoisotopic (exact) mass is 363 g/mol. The molecule has 0 saturated heterocycles. The number of nitrogens with one attached hydrogen (secondary N) is 1. The fourth-order valence-electron chi connectivity index (χ4n) is 2.30. The summed E-state index contributed by atoms with van der Waals surface area (Å²) in [5.74, 6) is -0.425. The van der Waals surface area contributed by atoms with Crippen molar-refractivity contribution in [2.24, 2.45) is 0 Å². The van der Waals surface area contributed by atoms with Gasteiger partial charge in [-0.2, -0.15) is 0 Å². The standard InChI is InChI=1S/C21H17NO5/c23-19-13-15(22-20(24)14-26-16-7-3-1-4-8-16)11-12-18(19)21(25)27-17-9-5-2-6-10-17/h1-13,23H,14H2,(H,22,24). The topological polar surface area (TPSA) is 84.9 Å². The summed E-state index contributed by atoms with van der Waals surface area (Å²) in [5, 5.41) is 12.7. The van der Waals surface area contributed by atoms with Gasteiger partial charge in [-0.15, -0.1) is 0 Å². The minimum absolute atomic E-state index is 0.00242. The molecule has 0 heterocycles. The number of rotatable bonds is 6. The van der Waals surface area contributed by atoms with Gasteiger partial charge in [0.2, 0.25) is 0 Å². The average Bonchev–Trinajstić information content (AvgIpc) is 2.68. The van der Waals surface area contributed by atoms with Crippen molar-refractivity contribution in [3.63, 3.8) is 0 Å². The zero-order chi connectivity index (χ0) is 19.1. The first-order chi connectivity index (χ1) is 13.1. The lowest BCUT2D eigenvalue weighted by Gasteiger charge is -2.10. The number of esters is 1. The lowest BCUT2D eigenvalue weighted by atomic mass is 10.2.